The van der Waals surface area contributed by atoms with E-state index in [2.05, 4.69) is 10.9 Å². The molecule has 1 atom stereocenters. The van der Waals surface area contributed by atoms with Crippen molar-refractivity contribution in [1.82, 2.24) is 4.57 Å². The van der Waals surface area contributed by atoms with Crippen molar-refractivity contribution in [2.75, 3.05) is 20.3 Å². The molecule has 0 N–H and O–H groups in total. The predicted octanol–water partition coefficient (Wildman–Crippen LogP) is 2.96. The number of hydrogen-bond acceptors (Lipinski definition) is 7. The summed E-state index contributed by atoms with van der Waals surface area (Å²) in [7, 11) is 1.51. The average molecular weight is 507 g/mol. The standard InChI is InChI=1S/C27H23FN2O5S/c1-5-13-35-20-12-7-17(14-21(20)33-4)15-22-25(31)30-24(18-8-10-19(28)11-9-18)23(26(32)34-6-2)16(3)29-27(30)36-22/h1,7-12,14-15,24H,6,13H2,2-4H3/b22-15-/t24-/m1/s1. The quantitative estimate of drug-likeness (QED) is 0.364. The first-order valence-electron chi connectivity index (χ1n) is 11.1. The monoisotopic (exact) mass is 506 g/mol. The molecule has 2 aromatic carbocycles. The number of terminal acetylenes is 1. The van der Waals surface area contributed by atoms with E-state index in [9.17, 15) is 14.0 Å². The molecule has 1 aliphatic heterocycles. The van der Waals surface area contributed by atoms with Crippen LogP contribution in [-0.2, 0) is 9.53 Å². The summed E-state index contributed by atoms with van der Waals surface area (Å²) < 4.78 is 31.6. The summed E-state index contributed by atoms with van der Waals surface area (Å²) in [4.78, 5) is 31.5. The normalized spacial score (nSPS) is 15.1. The molecule has 4 rings (SSSR count). The highest BCUT2D eigenvalue weighted by Crippen LogP contribution is 2.31. The third kappa shape index (κ3) is 4.81. The number of thiazole rings is 1. The molecule has 0 bridgehead atoms. The van der Waals surface area contributed by atoms with E-state index in [0.717, 1.165) is 0 Å². The van der Waals surface area contributed by atoms with Crippen LogP contribution in [0.3, 0.4) is 0 Å². The van der Waals surface area contributed by atoms with Crippen LogP contribution in [0.15, 0.2) is 63.5 Å². The number of carbonyl (C=O) groups excluding carboxylic acids is 1. The fraction of sp³-hybridized carbons (Fsp3) is 0.222. The number of ether oxygens (including phenoxy) is 3. The summed E-state index contributed by atoms with van der Waals surface area (Å²) in [6.45, 7) is 3.66. The third-order valence-electron chi connectivity index (χ3n) is 5.50. The van der Waals surface area contributed by atoms with Crippen LogP contribution in [0.1, 0.15) is 31.0 Å². The molecule has 0 saturated carbocycles. The van der Waals surface area contributed by atoms with Crippen molar-refractivity contribution in [3.8, 4) is 23.8 Å². The average Bonchev–Trinajstić information content (AvgIpc) is 3.17. The van der Waals surface area contributed by atoms with Crippen molar-refractivity contribution >= 4 is 23.4 Å². The molecule has 1 aliphatic rings. The summed E-state index contributed by atoms with van der Waals surface area (Å²) in [5.74, 6) is 2.36. The molecule has 0 unspecified atom stereocenters. The second-order valence-corrected chi connectivity index (χ2v) is 8.77. The molecule has 184 valence electrons. The Morgan fingerprint density at radius 1 is 1.25 bits per heavy atom. The van der Waals surface area contributed by atoms with Gasteiger partial charge in [0.25, 0.3) is 5.56 Å². The lowest BCUT2D eigenvalue weighted by molar-refractivity contribution is -0.139. The van der Waals surface area contributed by atoms with Crippen LogP contribution in [-0.4, -0.2) is 30.9 Å². The zero-order valence-electron chi connectivity index (χ0n) is 19.9. The molecular weight excluding hydrogens is 483 g/mol. The number of halogens is 1. The molecule has 0 radical (unpaired) electrons. The minimum absolute atomic E-state index is 0.0971. The molecule has 3 aromatic rings. The van der Waals surface area contributed by atoms with Gasteiger partial charge in [0.1, 0.15) is 12.4 Å². The Hall–Kier alpha value is -4.16. The summed E-state index contributed by atoms with van der Waals surface area (Å²) in [6.07, 6.45) is 6.97. The van der Waals surface area contributed by atoms with E-state index < -0.39 is 17.8 Å². The Labute approximate surface area is 210 Å². The third-order valence-corrected chi connectivity index (χ3v) is 6.48. The number of allylic oxidation sites excluding steroid dienone is 1. The lowest BCUT2D eigenvalue weighted by atomic mass is 9.96. The fourth-order valence-electron chi connectivity index (χ4n) is 3.92. The zero-order chi connectivity index (χ0) is 25.8. The first kappa shape index (κ1) is 24.9. The molecule has 1 aromatic heterocycles. The first-order valence-corrected chi connectivity index (χ1v) is 11.9. The van der Waals surface area contributed by atoms with Gasteiger partial charge in [-0.15, -0.1) is 6.42 Å². The largest absolute Gasteiger partial charge is 0.493 e. The Morgan fingerprint density at radius 2 is 2.00 bits per heavy atom. The van der Waals surface area contributed by atoms with E-state index in [1.807, 2.05) is 0 Å². The molecule has 2 heterocycles. The maximum Gasteiger partial charge on any atom is 0.338 e. The van der Waals surface area contributed by atoms with Gasteiger partial charge in [0.15, 0.2) is 16.3 Å². The first-order chi connectivity index (χ1) is 17.4. The maximum absolute atomic E-state index is 13.7. The van der Waals surface area contributed by atoms with Gasteiger partial charge in [0, 0.05) is 0 Å². The van der Waals surface area contributed by atoms with Gasteiger partial charge in [0.2, 0.25) is 0 Å². The number of hydrogen-bond donors (Lipinski definition) is 0. The van der Waals surface area contributed by atoms with Crippen LogP contribution >= 0.6 is 11.3 Å². The smallest absolute Gasteiger partial charge is 0.338 e. The number of esters is 1. The van der Waals surface area contributed by atoms with Crippen molar-refractivity contribution in [3.63, 3.8) is 0 Å². The molecule has 36 heavy (non-hydrogen) atoms. The summed E-state index contributed by atoms with van der Waals surface area (Å²) >= 11 is 1.19. The minimum Gasteiger partial charge on any atom is -0.493 e. The lowest BCUT2D eigenvalue weighted by Crippen LogP contribution is -2.39. The number of benzene rings is 2. The molecule has 7 nitrogen and oxygen atoms in total. The van der Waals surface area contributed by atoms with Gasteiger partial charge in [-0.25, -0.2) is 14.2 Å². The summed E-state index contributed by atoms with van der Waals surface area (Å²) in [5.41, 5.74) is 1.60. The summed E-state index contributed by atoms with van der Waals surface area (Å²) in [5, 5.41) is 0. The second-order valence-electron chi connectivity index (χ2n) is 7.76. The second kappa shape index (κ2) is 10.6. The molecule has 0 spiro atoms. The highest BCUT2D eigenvalue weighted by atomic mass is 32.1. The number of fused-ring (bicyclic) bond motifs is 1. The van der Waals surface area contributed by atoms with Crippen molar-refractivity contribution < 1.29 is 23.4 Å². The lowest BCUT2D eigenvalue weighted by Gasteiger charge is -2.24. The van der Waals surface area contributed by atoms with E-state index >= 15 is 0 Å². The van der Waals surface area contributed by atoms with Crippen LogP contribution < -0.4 is 24.4 Å². The minimum atomic E-state index is -0.808. The maximum atomic E-state index is 13.7. The summed E-state index contributed by atoms with van der Waals surface area (Å²) in [6, 6.07) is 10.1. The van der Waals surface area contributed by atoms with Gasteiger partial charge in [0.05, 0.1) is 35.6 Å². The van der Waals surface area contributed by atoms with Gasteiger partial charge in [-0.2, -0.15) is 0 Å². The van der Waals surface area contributed by atoms with Crippen molar-refractivity contribution in [3.05, 3.63) is 90.4 Å². The highest BCUT2D eigenvalue weighted by Gasteiger charge is 2.33. The molecule has 0 saturated heterocycles. The topological polar surface area (TPSA) is 79.1 Å². The Kier molecular flexibility index (Phi) is 7.36. The van der Waals surface area contributed by atoms with E-state index in [-0.39, 0.29) is 24.3 Å². The molecule has 0 aliphatic carbocycles. The Morgan fingerprint density at radius 3 is 2.67 bits per heavy atom. The number of nitrogens with zero attached hydrogens (tertiary/aromatic N) is 2. The number of methoxy groups -OCH3 is 1. The van der Waals surface area contributed by atoms with Crippen LogP contribution in [0, 0.1) is 18.2 Å². The number of aromatic nitrogens is 1. The number of rotatable bonds is 7. The van der Waals surface area contributed by atoms with Crippen LogP contribution in [0.5, 0.6) is 11.5 Å². The molecular formula is C27H23FN2O5S. The van der Waals surface area contributed by atoms with Gasteiger partial charge < -0.3 is 14.2 Å². The van der Waals surface area contributed by atoms with Crippen LogP contribution in [0.25, 0.3) is 6.08 Å². The molecule has 0 amide bonds. The predicted molar refractivity (Wildman–Crippen MR) is 134 cm³/mol. The van der Waals surface area contributed by atoms with Crippen molar-refractivity contribution in [1.29, 1.82) is 0 Å². The number of carbonyl (C=O) groups is 1. The Balaban J connectivity index is 1.87. The van der Waals surface area contributed by atoms with E-state index in [1.54, 1.807) is 50.3 Å². The highest BCUT2D eigenvalue weighted by molar-refractivity contribution is 7.07. The molecule has 0 fully saturated rings. The Bertz CT molecular complexity index is 1560. The van der Waals surface area contributed by atoms with E-state index in [1.165, 1.54) is 35.1 Å². The molecule has 9 heteroatoms. The SMILES string of the molecule is C#CCOc1ccc(/C=c2\sc3n(c2=O)[C@H](c2ccc(F)cc2)C(C(=O)OCC)=C(C)N=3)cc1OC. The fourth-order valence-corrected chi connectivity index (χ4v) is 4.96. The van der Waals surface area contributed by atoms with Crippen LogP contribution in [0.4, 0.5) is 4.39 Å². The van der Waals surface area contributed by atoms with Crippen LogP contribution in [0.2, 0.25) is 0 Å². The van der Waals surface area contributed by atoms with Gasteiger partial charge in [-0.3, -0.25) is 9.36 Å². The van der Waals surface area contributed by atoms with Gasteiger partial charge >= 0.3 is 5.97 Å². The van der Waals surface area contributed by atoms with E-state index in [4.69, 9.17) is 20.6 Å². The van der Waals surface area contributed by atoms with Crippen molar-refractivity contribution in [2.24, 2.45) is 4.99 Å². The van der Waals surface area contributed by atoms with Gasteiger partial charge in [-0.05, 0) is 55.3 Å². The zero-order valence-corrected chi connectivity index (χ0v) is 20.7. The van der Waals surface area contributed by atoms with Crippen molar-refractivity contribution in [2.45, 2.75) is 19.9 Å². The van der Waals surface area contributed by atoms with Gasteiger partial charge in [-0.1, -0.05) is 35.5 Å². The van der Waals surface area contributed by atoms with E-state index in [0.29, 0.717) is 37.7 Å².